The van der Waals surface area contributed by atoms with E-state index in [1.165, 1.54) is 7.11 Å². The molecule has 21 heavy (non-hydrogen) atoms. The minimum absolute atomic E-state index is 0.154. The lowest BCUT2D eigenvalue weighted by Gasteiger charge is -2.22. The second kappa shape index (κ2) is 6.17. The third kappa shape index (κ3) is 2.91. The standard InChI is InChI=1S/C16H18N2O3/c1-3-18(12-9-7-11(17)8-10-12)16(20)13-5-4-6-14(21-2)15(13)19/h4-10,19H,3,17H2,1-2H3. The van der Waals surface area contributed by atoms with Crippen molar-refractivity contribution in [3.8, 4) is 11.5 Å². The predicted molar refractivity (Wildman–Crippen MR) is 82.9 cm³/mol. The Labute approximate surface area is 123 Å². The van der Waals surface area contributed by atoms with E-state index >= 15 is 0 Å². The van der Waals surface area contributed by atoms with E-state index in [1.807, 2.05) is 6.92 Å². The Balaban J connectivity index is 2.39. The van der Waals surface area contributed by atoms with Crippen molar-refractivity contribution in [1.82, 2.24) is 0 Å². The highest BCUT2D eigenvalue weighted by molar-refractivity contribution is 6.08. The van der Waals surface area contributed by atoms with E-state index in [-0.39, 0.29) is 23.0 Å². The smallest absolute Gasteiger partial charge is 0.262 e. The molecular formula is C16H18N2O3. The third-order valence-corrected chi connectivity index (χ3v) is 3.22. The first-order chi connectivity index (χ1) is 10.1. The first-order valence-electron chi connectivity index (χ1n) is 6.61. The van der Waals surface area contributed by atoms with Crippen LogP contribution >= 0.6 is 0 Å². The van der Waals surface area contributed by atoms with Gasteiger partial charge in [-0.25, -0.2) is 0 Å². The summed E-state index contributed by atoms with van der Waals surface area (Å²) in [4.78, 5) is 14.2. The molecule has 1 amide bonds. The number of methoxy groups -OCH3 is 1. The molecule has 0 saturated heterocycles. The van der Waals surface area contributed by atoms with Gasteiger partial charge in [-0.15, -0.1) is 0 Å². The van der Waals surface area contributed by atoms with E-state index in [1.54, 1.807) is 47.4 Å². The van der Waals surface area contributed by atoms with Crippen LogP contribution in [0.3, 0.4) is 0 Å². The van der Waals surface area contributed by atoms with Gasteiger partial charge in [0.1, 0.15) is 0 Å². The van der Waals surface area contributed by atoms with Gasteiger partial charge in [-0.05, 0) is 43.3 Å². The number of nitrogen functional groups attached to an aromatic ring is 1. The molecule has 0 atom stereocenters. The van der Waals surface area contributed by atoms with Crippen LogP contribution in [0.15, 0.2) is 42.5 Å². The Morgan fingerprint density at radius 2 is 1.90 bits per heavy atom. The van der Waals surface area contributed by atoms with Crippen LogP contribution in [0.5, 0.6) is 11.5 Å². The van der Waals surface area contributed by atoms with Crippen LogP contribution in [-0.2, 0) is 0 Å². The Bertz CT molecular complexity index is 638. The fraction of sp³-hybridized carbons (Fsp3) is 0.188. The number of carbonyl (C=O) groups excluding carboxylic acids is 1. The number of nitrogens with zero attached hydrogens (tertiary/aromatic N) is 1. The molecule has 0 aliphatic rings. The Morgan fingerprint density at radius 3 is 2.48 bits per heavy atom. The van der Waals surface area contributed by atoms with E-state index in [2.05, 4.69) is 0 Å². The van der Waals surface area contributed by atoms with E-state index in [4.69, 9.17) is 10.5 Å². The molecule has 0 saturated carbocycles. The summed E-state index contributed by atoms with van der Waals surface area (Å²) in [5.74, 6) is -0.174. The van der Waals surface area contributed by atoms with Gasteiger partial charge in [0.2, 0.25) is 0 Å². The number of hydrogen-bond acceptors (Lipinski definition) is 4. The zero-order valence-corrected chi connectivity index (χ0v) is 12.0. The molecule has 2 rings (SSSR count). The van der Waals surface area contributed by atoms with Crippen molar-refractivity contribution in [3.05, 3.63) is 48.0 Å². The summed E-state index contributed by atoms with van der Waals surface area (Å²) < 4.78 is 5.03. The van der Waals surface area contributed by atoms with Crippen LogP contribution < -0.4 is 15.4 Å². The van der Waals surface area contributed by atoms with Crippen molar-refractivity contribution >= 4 is 17.3 Å². The highest BCUT2D eigenvalue weighted by Crippen LogP contribution is 2.31. The van der Waals surface area contributed by atoms with E-state index in [9.17, 15) is 9.90 Å². The maximum Gasteiger partial charge on any atom is 0.262 e. The van der Waals surface area contributed by atoms with Crippen molar-refractivity contribution in [2.75, 3.05) is 24.3 Å². The molecule has 0 aliphatic heterocycles. The molecule has 110 valence electrons. The van der Waals surface area contributed by atoms with Crippen molar-refractivity contribution in [2.24, 2.45) is 0 Å². The number of hydrogen-bond donors (Lipinski definition) is 2. The summed E-state index contributed by atoms with van der Waals surface area (Å²) in [6, 6.07) is 11.9. The monoisotopic (exact) mass is 286 g/mol. The Kier molecular flexibility index (Phi) is 4.33. The average Bonchev–Trinajstić information content (AvgIpc) is 2.50. The SMILES string of the molecule is CCN(C(=O)c1cccc(OC)c1O)c1ccc(N)cc1. The average molecular weight is 286 g/mol. The topological polar surface area (TPSA) is 75.8 Å². The number of aromatic hydroxyl groups is 1. The van der Waals surface area contributed by atoms with Crippen LogP contribution in [0.25, 0.3) is 0 Å². The summed E-state index contributed by atoms with van der Waals surface area (Å²) in [6.07, 6.45) is 0. The number of benzene rings is 2. The van der Waals surface area contributed by atoms with Gasteiger partial charge in [0, 0.05) is 17.9 Å². The van der Waals surface area contributed by atoms with Gasteiger partial charge >= 0.3 is 0 Å². The molecule has 2 aromatic carbocycles. The van der Waals surface area contributed by atoms with Gasteiger partial charge < -0.3 is 20.5 Å². The van der Waals surface area contributed by atoms with E-state index in [0.717, 1.165) is 5.69 Å². The predicted octanol–water partition coefficient (Wildman–Crippen LogP) is 2.65. The van der Waals surface area contributed by atoms with Gasteiger partial charge in [0.05, 0.1) is 12.7 Å². The van der Waals surface area contributed by atoms with E-state index in [0.29, 0.717) is 12.2 Å². The van der Waals surface area contributed by atoms with Gasteiger partial charge in [0.25, 0.3) is 5.91 Å². The zero-order valence-electron chi connectivity index (χ0n) is 12.0. The quantitative estimate of drug-likeness (QED) is 0.847. The molecule has 2 aromatic rings. The maximum absolute atomic E-state index is 12.6. The van der Waals surface area contributed by atoms with Gasteiger partial charge in [-0.2, -0.15) is 0 Å². The number of amides is 1. The van der Waals surface area contributed by atoms with Crippen molar-refractivity contribution < 1.29 is 14.6 Å². The van der Waals surface area contributed by atoms with Crippen LogP contribution in [-0.4, -0.2) is 24.7 Å². The molecule has 0 aromatic heterocycles. The maximum atomic E-state index is 12.6. The number of phenols is 1. The first kappa shape index (κ1) is 14.7. The number of anilines is 2. The number of carbonyl (C=O) groups is 1. The van der Waals surface area contributed by atoms with Crippen LogP contribution in [0.2, 0.25) is 0 Å². The van der Waals surface area contributed by atoms with Crippen molar-refractivity contribution in [2.45, 2.75) is 6.92 Å². The number of rotatable bonds is 4. The number of para-hydroxylation sites is 1. The lowest BCUT2D eigenvalue weighted by Crippen LogP contribution is -2.30. The number of ether oxygens (including phenoxy) is 1. The van der Waals surface area contributed by atoms with Gasteiger partial charge in [-0.1, -0.05) is 6.07 Å². The molecule has 0 fully saturated rings. The molecule has 0 aliphatic carbocycles. The molecule has 0 radical (unpaired) electrons. The van der Waals surface area contributed by atoms with Crippen LogP contribution in [0.4, 0.5) is 11.4 Å². The highest BCUT2D eigenvalue weighted by Gasteiger charge is 2.21. The summed E-state index contributed by atoms with van der Waals surface area (Å²) in [5.41, 5.74) is 7.21. The Hall–Kier alpha value is -2.69. The molecule has 5 heteroatoms. The summed E-state index contributed by atoms with van der Waals surface area (Å²) in [6.45, 7) is 2.34. The molecule has 0 unspecified atom stereocenters. The minimum Gasteiger partial charge on any atom is -0.504 e. The fourth-order valence-corrected chi connectivity index (χ4v) is 2.10. The van der Waals surface area contributed by atoms with E-state index < -0.39 is 0 Å². The third-order valence-electron chi connectivity index (χ3n) is 3.22. The molecular weight excluding hydrogens is 268 g/mol. The lowest BCUT2D eigenvalue weighted by molar-refractivity contribution is 0.0985. The highest BCUT2D eigenvalue weighted by atomic mass is 16.5. The molecule has 3 N–H and O–H groups in total. The summed E-state index contributed by atoms with van der Waals surface area (Å²) in [7, 11) is 1.45. The molecule has 0 spiro atoms. The van der Waals surface area contributed by atoms with Crippen molar-refractivity contribution in [1.29, 1.82) is 0 Å². The van der Waals surface area contributed by atoms with Crippen LogP contribution in [0.1, 0.15) is 17.3 Å². The molecule has 0 heterocycles. The minimum atomic E-state index is -0.293. The zero-order chi connectivity index (χ0) is 15.4. The second-order valence-corrected chi connectivity index (χ2v) is 4.50. The van der Waals surface area contributed by atoms with Gasteiger partial charge in [-0.3, -0.25) is 4.79 Å². The number of phenolic OH excluding ortho intramolecular Hbond substituents is 1. The molecule has 0 bridgehead atoms. The summed E-state index contributed by atoms with van der Waals surface area (Å²) >= 11 is 0. The fourth-order valence-electron chi connectivity index (χ4n) is 2.10. The van der Waals surface area contributed by atoms with Gasteiger partial charge in [0.15, 0.2) is 11.5 Å². The Morgan fingerprint density at radius 1 is 1.24 bits per heavy atom. The molecule has 5 nitrogen and oxygen atoms in total. The first-order valence-corrected chi connectivity index (χ1v) is 6.61. The second-order valence-electron chi connectivity index (χ2n) is 4.50. The van der Waals surface area contributed by atoms with Crippen molar-refractivity contribution in [3.63, 3.8) is 0 Å². The largest absolute Gasteiger partial charge is 0.504 e. The normalized spacial score (nSPS) is 10.2. The number of nitrogens with two attached hydrogens (primary N) is 1. The lowest BCUT2D eigenvalue weighted by atomic mass is 10.1. The summed E-state index contributed by atoms with van der Waals surface area (Å²) in [5, 5.41) is 10.1. The van der Waals surface area contributed by atoms with Crippen LogP contribution in [0, 0.1) is 0 Å².